The van der Waals surface area contributed by atoms with Crippen LogP contribution in [0.3, 0.4) is 0 Å². The fraction of sp³-hybridized carbons (Fsp3) is 0.833. The summed E-state index contributed by atoms with van der Waals surface area (Å²) in [6, 6.07) is 0.307. The number of amides is 1. The van der Waals surface area contributed by atoms with E-state index < -0.39 is 0 Å². The van der Waals surface area contributed by atoms with Gasteiger partial charge in [-0.15, -0.1) is 0 Å². The summed E-state index contributed by atoms with van der Waals surface area (Å²) >= 11 is 0. The first-order valence-corrected chi connectivity index (χ1v) is 9.58. The lowest BCUT2D eigenvalue weighted by Gasteiger charge is -2.35. The lowest BCUT2D eigenvalue weighted by molar-refractivity contribution is -0.127. The Balaban J connectivity index is 1.35. The van der Waals surface area contributed by atoms with Crippen molar-refractivity contribution in [2.45, 2.75) is 82.2 Å². The molecule has 0 spiro atoms. The van der Waals surface area contributed by atoms with Gasteiger partial charge in [-0.1, -0.05) is 18.0 Å². The molecule has 6 nitrogen and oxygen atoms in total. The predicted molar refractivity (Wildman–Crippen MR) is 89.7 cm³/mol. The molecule has 2 unspecified atom stereocenters. The van der Waals surface area contributed by atoms with Crippen LogP contribution < -0.4 is 5.32 Å². The van der Waals surface area contributed by atoms with E-state index in [4.69, 9.17) is 4.52 Å². The Bertz CT molecular complexity index is 577. The molecular formula is C18H28N4O2. The molecule has 2 heterocycles. The normalized spacial score (nSPS) is 27.3. The van der Waals surface area contributed by atoms with E-state index in [0.717, 1.165) is 50.5 Å². The van der Waals surface area contributed by atoms with E-state index in [1.165, 1.54) is 25.7 Å². The van der Waals surface area contributed by atoms with Gasteiger partial charge in [-0.2, -0.15) is 4.98 Å². The van der Waals surface area contributed by atoms with Crippen LogP contribution in [0.1, 0.15) is 81.8 Å². The number of hydrogen-bond donors (Lipinski definition) is 1. The number of rotatable bonds is 5. The number of piperidine rings is 1. The summed E-state index contributed by atoms with van der Waals surface area (Å²) in [5, 5.41) is 7.44. The van der Waals surface area contributed by atoms with Gasteiger partial charge in [-0.3, -0.25) is 9.69 Å². The van der Waals surface area contributed by atoms with E-state index in [2.05, 4.69) is 20.4 Å². The Morgan fingerprint density at radius 1 is 1.17 bits per heavy atom. The van der Waals surface area contributed by atoms with Crippen molar-refractivity contribution in [2.24, 2.45) is 0 Å². The van der Waals surface area contributed by atoms with Crippen LogP contribution in [0, 0.1) is 0 Å². The quantitative estimate of drug-likeness (QED) is 0.897. The predicted octanol–water partition coefficient (Wildman–Crippen LogP) is 2.57. The first kappa shape index (κ1) is 16.1. The molecule has 6 heteroatoms. The van der Waals surface area contributed by atoms with Crippen molar-refractivity contribution in [3.8, 4) is 0 Å². The summed E-state index contributed by atoms with van der Waals surface area (Å²) in [6.45, 7) is 3.85. The standard InChI is InChI=1S/C18H28N4O2/c1-12(17(23)19-15-6-2-3-7-15)22-10-4-5-14(11-22)16-20-18(24-21-16)13-8-9-13/h12-15H,2-11H2,1H3,(H,19,23). The Labute approximate surface area is 143 Å². The summed E-state index contributed by atoms with van der Waals surface area (Å²) in [7, 11) is 0. The number of hydrogen-bond acceptors (Lipinski definition) is 5. The van der Waals surface area contributed by atoms with Crippen LogP contribution in [-0.2, 0) is 4.79 Å². The largest absolute Gasteiger partial charge is 0.352 e. The van der Waals surface area contributed by atoms with Crippen LogP contribution in [0.5, 0.6) is 0 Å². The molecule has 1 saturated heterocycles. The maximum Gasteiger partial charge on any atom is 0.237 e. The van der Waals surface area contributed by atoms with E-state index in [-0.39, 0.29) is 17.9 Å². The van der Waals surface area contributed by atoms with Crippen molar-refractivity contribution in [1.82, 2.24) is 20.4 Å². The number of likely N-dealkylation sites (tertiary alicyclic amines) is 1. The van der Waals surface area contributed by atoms with Gasteiger partial charge < -0.3 is 9.84 Å². The number of aromatic nitrogens is 2. The second-order valence-electron chi connectivity index (χ2n) is 7.77. The van der Waals surface area contributed by atoms with Gasteiger partial charge in [0.25, 0.3) is 0 Å². The van der Waals surface area contributed by atoms with Gasteiger partial charge in [-0.25, -0.2) is 0 Å². The molecule has 2 saturated carbocycles. The molecule has 0 radical (unpaired) electrons. The van der Waals surface area contributed by atoms with Crippen molar-refractivity contribution in [3.05, 3.63) is 11.7 Å². The van der Waals surface area contributed by atoms with Gasteiger partial charge in [0.2, 0.25) is 11.8 Å². The van der Waals surface area contributed by atoms with E-state index in [1.807, 2.05) is 6.92 Å². The zero-order chi connectivity index (χ0) is 16.5. The summed E-state index contributed by atoms with van der Waals surface area (Å²) in [5.41, 5.74) is 0. The third-order valence-electron chi connectivity index (χ3n) is 5.83. The number of nitrogens with one attached hydrogen (secondary N) is 1. The summed E-state index contributed by atoms with van der Waals surface area (Å²) < 4.78 is 5.41. The van der Waals surface area contributed by atoms with E-state index >= 15 is 0 Å². The van der Waals surface area contributed by atoms with Crippen LogP contribution >= 0.6 is 0 Å². The van der Waals surface area contributed by atoms with Crippen molar-refractivity contribution in [2.75, 3.05) is 13.1 Å². The zero-order valence-corrected chi connectivity index (χ0v) is 14.5. The first-order chi connectivity index (χ1) is 11.7. The molecule has 4 rings (SSSR count). The van der Waals surface area contributed by atoms with Gasteiger partial charge in [0, 0.05) is 24.4 Å². The number of carbonyl (C=O) groups is 1. The maximum absolute atomic E-state index is 12.5. The first-order valence-electron chi connectivity index (χ1n) is 9.58. The molecule has 2 atom stereocenters. The lowest BCUT2D eigenvalue weighted by atomic mass is 9.96. The van der Waals surface area contributed by atoms with E-state index in [9.17, 15) is 4.79 Å². The van der Waals surface area contributed by atoms with Gasteiger partial charge in [0.1, 0.15) is 0 Å². The van der Waals surface area contributed by atoms with Gasteiger partial charge in [0.05, 0.1) is 6.04 Å². The minimum absolute atomic E-state index is 0.0804. The van der Waals surface area contributed by atoms with Gasteiger partial charge >= 0.3 is 0 Å². The monoisotopic (exact) mass is 332 g/mol. The van der Waals surface area contributed by atoms with Crippen molar-refractivity contribution in [1.29, 1.82) is 0 Å². The van der Waals surface area contributed by atoms with Gasteiger partial charge in [-0.05, 0) is 52.0 Å². The highest BCUT2D eigenvalue weighted by Crippen LogP contribution is 2.39. The second-order valence-corrected chi connectivity index (χ2v) is 7.77. The van der Waals surface area contributed by atoms with E-state index in [1.54, 1.807) is 0 Å². The Morgan fingerprint density at radius 3 is 2.71 bits per heavy atom. The Morgan fingerprint density at radius 2 is 1.96 bits per heavy atom. The van der Waals surface area contributed by atoms with Crippen molar-refractivity contribution in [3.63, 3.8) is 0 Å². The lowest BCUT2D eigenvalue weighted by Crippen LogP contribution is -2.50. The van der Waals surface area contributed by atoms with Crippen LogP contribution in [-0.4, -0.2) is 46.1 Å². The van der Waals surface area contributed by atoms with Crippen LogP contribution in [0.4, 0.5) is 0 Å². The highest BCUT2D eigenvalue weighted by Gasteiger charge is 2.34. The second kappa shape index (κ2) is 6.82. The average Bonchev–Trinajstić information content (AvgIpc) is 3.11. The topological polar surface area (TPSA) is 71.3 Å². The molecule has 2 aliphatic carbocycles. The molecule has 3 fully saturated rings. The molecule has 132 valence electrons. The molecular weight excluding hydrogens is 304 g/mol. The van der Waals surface area contributed by atoms with Crippen molar-refractivity contribution < 1.29 is 9.32 Å². The summed E-state index contributed by atoms with van der Waals surface area (Å²) in [5.74, 6) is 2.62. The summed E-state index contributed by atoms with van der Waals surface area (Å²) in [4.78, 5) is 19.4. The highest BCUT2D eigenvalue weighted by molar-refractivity contribution is 5.81. The van der Waals surface area contributed by atoms with Crippen LogP contribution in [0.2, 0.25) is 0 Å². The minimum Gasteiger partial charge on any atom is -0.352 e. The fourth-order valence-corrected chi connectivity index (χ4v) is 4.04. The molecule has 1 amide bonds. The smallest absolute Gasteiger partial charge is 0.237 e. The number of nitrogens with zero attached hydrogens (tertiary/aromatic N) is 3. The molecule has 24 heavy (non-hydrogen) atoms. The van der Waals surface area contributed by atoms with Crippen molar-refractivity contribution >= 4 is 5.91 Å². The molecule has 1 aromatic rings. The third-order valence-corrected chi connectivity index (χ3v) is 5.83. The molecule has 1 N–H and O–H groups in total. The van der Waals surface area contributed by atoms with Gasteiger partial charge in [0.15, 0.2) is 5.82 Å². The minimum atomic E-state index is -0.0804. The molecule has 1 aliphatic heterocycles. The average molecular weight is 332 g/mol. The van der Waals surface area contributed by atoms with Crippen LogP contribution in [0.25, 0.3) is 0 Å². The molecule has 1 aromatic heterocycles. The van der Waals surface area contributed by atoms with Crippen LogP contribution in [0.15, 0.2) is 4.52 Å². The SMILES string of the molecule is CC(C(=O)NC1CCCC1)N1CCCC(c2noc(C3CC3)n2)C1. The maximum atomic E-state index is 12.5. The highest BCUT2D eigenvalue weighted by atomic mass is 16.5. The molecule has 3 aliphatic rings. The Hall–Kier alpha value is -1.43. The molecule has 0 bridgehead atoms. The zero-order valence-electron chi connectivity index (χ0n) is 14.5. The third kappa shape index (κ3) is 3.48. The summed E-state index contributed by atoms with van der Waals surface area (Å²) in [6.07, 6.45) is 9.27. The molecule has 0 aromatic carbocycles. The van der Waals surface area contributed by atoms with E-state index in [0.29, 0.717) is 12.0 Å². The fourth-order valence-electron chi connectivity index (χ4n) is 4.04. The Kier molecular flexibility index (Phi) is 4.57. The number of carbonyl (C=O) groups excluding carboxylic acids is 1.